The molecule has 2 N–H and O–H groups in total. The molecule has 15 heteroatoms. The van der Waals surface area contributed by atoms with Crippen molar-refractivity contribution in [3.05, 3.63) is 65.2 Å². The number of aryl methyl sites for hydroxylation is 1. The monoisotopic (exact) mass is 754 g/mol. The van der Waals surface area contributed by atoms with Crippen molar-refractivity contribution in [1.82, 2.24) is 29.8 Å². The van der Waals surface area contributed by atoms with E-state index in [9.17, 15) is 8.78 Å². The molecular formula is C40H38F4N8O3. The SMILES string of the molecule is C#Cc1c(F)ccc2cc(N)cc(-c3nc4c5c(nc(OC[C@@]67CCCN6[C@H](COc6nccnc6C(F)F)CC7)nc5c3F)N3CCCOC[C@@H]3CC4)c12. The third-order valence-electron chi connectivity index (χ3n) is 11.5. The number of hydrogen-bond acceptors (Lipinski definition) is 11. The van der Waals surface area contributed by atoms with E-state index in [1.807, 2.05) is 0 Å². The number of terminal acetylenes is 1. The summed E-state index contributed by atoms with van der Waals surface area (Å²) in [6.45, 7) is 2.89. The number of nitrogens with two attached hydrogens (primary N) is 1. The number of nitrogens with zero attached hydrogens (tertiary/aromatic N) is 7. The second-order valence-corrected chi connectivity index (χ2v) is 14.7. The van der Waals surface area contributed by atoms with Crippen LogP contribution >= 0.6 is 0 Å². The topological polar surface area (TPSA) is 125 Å². The Balaban J connectivity index is 1.10. The zero-order valence-electron chi connectivity index (χ0n) is 29.9. The third kappa shape index (κ3) is 6.11. The lowest BCUT2D eigenvalue weighted by Crippen LogP contribution is -2.48. The van der Waals surface area contributed by atoms with E-state index in [2.05, 4.69) is 25.7 Å². The number of nitrogen functional groups attached to an aromatic ring is 1. The van der Waals surface area contributed by atoms with Gasteiger partial charge in [-0.2, -0.15) is 9.97 Å². The highest BCUT2D eigenvalue weighted by Gasteiger charge is 2.50. The van der Waals surface area contributed by atoms with Gasteiger partial charge in [-0.25, -0.2) is 32.5 Å². The van der Waals surface area contributed by atoms with Crippen molar-refractivity contribution in [2.24, 2.45) is 0 Å². The normalized spacial score (nSPS) is 22.4. The Kier molecular flexibility index (Phi) is 9.05. The van der Waals surface area contributed by atoms with Gasteiger partial charge in [-0.3, -0.25) is 4.90 Å². The summed E-state index contributed by atoms with van der Waals surface area (Å²) in [5.41, 5.74) is 6.66. The van der Waals surface area contributed by atoms with Crippen molar-refractivity contribution in [3.8, 4) is 35.5 Å². The number of hydrogen-bond donors (Lipinski definition) is 1. The largest absolute Gasteiger partial charge is 0.475 e. The van der Waals surface area contributed by atoms with Crippen LogP contribution < -0.4 is 20.1 Å². The maximum atomic E-state index is 17.3. The molecule has 3 fully saturated rings. The number of alkyl halides is 2. The first-order chi connectivity index (χ1) is 26.7. The standard InChI is InChI=1S/C40H38F4N8O3/c1-2-26-28(41)7-5-22-17-23(45)18-27(30(22)26)33-32(42)34-31-29(48-33)8-6-24-19-53-16-4-14-51(24)37(31)50-39(49-34)55-21-40-10-3-15-52(40)25(9-11-40)20-54-38-35(36(43)44)46-12-13-47-38/h1,5,7,12-13,17-18,24-25,36H,3-4,6,8-11,14-16,19-21,45H2/t24-,25-,40-/m0/s1. The first-order valence-electron chi connectivity index (χ1n) is 18.6. The van der Waals surface area contributed by atoms with Gasteiger partial charge in [0.1, 0.15) is 36.1 Å². The summed E-state index contributed by atoms with van der Waals surface area (Å²) in [5.74, 6) is 1.47. The van der Waals surface area contributed by atoms with E-state index in [0.717, 1.165) is 38.6 Å². The number of rotatable bonds is 8. The van der Waals surface area contributed by atoms with E-state index in [-0.39, 0.29) is 65.1 Å². The number of halogens is 4. The van der Waals surface area contributed by atoms with Crippen LogP contribution in [-0.2, 0) is 11.2 Å². The molecule has 0 radical (unpaired) electrons. The van der Waals surface area contributed by atoms with Gasteiger partial charge in [0.25, 0.3) is 6.43 Å². The van der Waals surface area contributed by atoms with Crippen LogP contribution in [-0.4, -0.2) is 87.0 Å². The molecule has 0 spiro atoms. The summed E-state index contributed by atoms with van der Waals surface area (Å²) in [4.78, 5) is 26.8. The van der Waals surface area contributed by atoms with Crippen LogP contribution in [0, 0.1) is 24.0 Å². The molecule has 0 unspecified atom stereocenters. The van der Waals surface area contributed by atoms with E-state index in [1.165, 1.54) is 18.5 Å². The molecule has 9 rings (SSSR count). The van der Waals surface area contributed by atoms with Gasteiger partial charge in [-0.15, -0.1) is 6.42 Å². The Hall–Kier alpha value is -5.33. The van der Waals surface area contributed by atoms with Gasteiger partial charge < -0.3 is 24.8 Å². The van der Waals surface area contributed by atoms with Gasteiger partial charge in [0.2, 0.25) is 5.88 Å². The predicted octanol–water partition coefficient (Wildman–Crippen LogP) is 6.41. The number of benzene rings is 2. The van der Waals surface area contributed by atoms with Crippen LogP contribution in [0.15, 0.2) is 36.7 Å². The van der Waals surface area contributed by atoms with Crippen LogP contribution in [0.25, 0.3) is 32.9 Å². The molecule has 0 aliphatic carbocycles. The van der Waals surface area contributed by atoms with Crippen molar-refractivity contribution < 1.29 is 31.8 Å². The molecule has 55 heavy (non-hydrogen) atoms. The van der Waals surface area contributed by atoms with Crippen molar-refractivity contribution in [3.63, 3.8) is 0 Å². The molecule has 5 aromatic rings. The Morgan fingerprint density at radius 2 is 1.89 bits per heavy atom. The first kappa shape index (κ1) is 35.4. The van der Waals surface area contributed by atoms with Crippen LogP contribution in [0.1, 0.15) is 61.9 Å². The van der Waals surface area contributed by atoms with Crippen LogP contribution in [0.3, 0.4) is 0 Å². The number of ether oxygens (including phenoxy) is 3. The zero-order chi connectivity index (χ0) is 37.8. The molecule has 3 aromatic heterocycles. The first-order valence-corrected chi connectivity index (χ1v) is 18.6. The minimum absolute atomic E-state index is 0.00982. The fourth-order valence-corrected chi connectivity index (χ4v) is 9.04. The van der Waals surface area contributed by atoms with Crippen molar-refractivity contribution in [2.45, 2.75) is 69.0 Å². The molecule has 2 aromatic carbocycles. The fourth-order valence-electron chi connectivity index (χ4n) is 9.04. The Bertz CT molecular complexity index is 2360. The molecule has 284 valence electrons. The number of fused-ring (bicyclic) bond motifs is 4. The summed E-state index contributed by atoms with van der Waals surface area (Å²) >= 11 is 0. The Morgan fingerprint density at radius 3 is 2.75 bits per heavy atom. The number of aromatic nitrogens is 5. The molecule has 4 aliphatic heterocycles. The van der Waals surface area contributed by atoms with Gasteiger partial charge in [-0.1, -0.05) is 12.0 Å². The maximum Gasteiger partial charge on any atom is 0.319 e. The van der Waals surface area contributed by atoms with Gasteiger partial charge in [0.05, 0.1) is 34.8 Å². The molecule has 7 heterocycles. The molecule has 11 nitrogen and oxygen atoms in total. The highest BCUT2D eigenvalue weighted by molar-refractivity contribution is 6.04. The van der Waals surface area contributed by atoms with Crippen LogP contribution in [0.5, 0.6) is 11.9 Å². The lowest BCUT2D eigenvalue weighted by Gasteiger charge is -2.34. The quantitative estimate of drug-likeness (QED) is 0.107. The van der Waals surface area contributed by atoms with Crippen molar-refractivity contribution >= 4 is 33.2 Å². The summed E-state index contributed by atoms with van der Waals surface area (Å²) in [5, 5.41) is 1.39. The van der Waals surface area contributed by atoms with E-state index >= 15 is 8.78 Å². The Labute approximate surface area is 314 Å². The van der Waals surface area contributed by atoms with Gasteiger partial charge >= 0.3 is 6.01 Å². The summed E-state index contributed by atoms with van der Waals surface area (Å²) < 4.78 is 77.8. The number of anilines is 2. The van der Waals surface area contributed by atoms with Gasteiger partial charge in [0, 0.05) is 48.2 Å². The van der Waals surface area contributed by atoms with Gasteiger partial charge in [-0.05, 0) is 75.1 Å². The summed E-state index contributed by atoms with van der Waals surface area (Å²) in [6.07, 6.45) is 10.8. The fraction of sp³-hybridized carbons (Fsp3) is 0.425. The minimum atomic E-state index is -2.80. The third-order valence-corrected chi connectivity index (χ3v) is 11.5. The number of pyridine rings is 1. The molecule has 0 saturated carbocycles. The van der Waals surface area contributed by atoms with Crippen LogP contribution in [0.2, 0.25) is 0 Å². The molecule has 3 saturated heterocycles. The highest BCUT2D eigenvalue weighted by Crippen LogP contribution is 2.45. The zero-order valence-corrected chi connectivity index (χ0v) is 29.9. The molecule has 3 atom stereocenters. The average Bonchev–Trinajstić information content (AvgIpc) is 3.60. The maximum absolute atomic E-state index is 17.3. The van der Waals surface area contributed by atoms with Crippen LogP contribution in [0.4, 0.5) is 29.1 Å². The van der Waals surface area contributed by atoms with Crippen molar-refractivity contribution in [2.75, 3.05) is 50.2 Å². The van der Waals surface area contributed by atoms with E-state index in [0.29, 0.717) is 66.0 Å². The second-order valence-electron chi connectivity index (χ2n) is 14.7. The van der Waals surface area contributed by atoms with E-state index < -0.39 is 23.8 Å². The molecule has 0 amide bonds. The average molecular weight is 755 g/mol. The van der Waals surface area contributed by atoms with Crippen molar-refractivity contribution in [1.29, 1.82) is 0 Å². The van der Waals surface area contributed by atoms with Gasteiger partial charge in [0.15, 0.2) is 11.5 Å². The molecular weight excluding hydrogens is 716 g/mol. The van der Waals surface area contributed by atoms with E-state index in [1.54, 1.807) is 18.2 Å². The minimum Gasteiger partial charge on any atom is -0.475 e. The lowest BCUT2D eigenvalue weighted by molar-refractivity contribution is 0.0661. The molecule has 4 aliphatic rings. The summed E-state index contributed by atoms with van der Waals surface area (Å²) in [7, 11) is 0. The Morgan fingerprint density at radius 1 is 1.02 bits per heavy atom. The second kappa shape index (κ2) is 14.1. The summed E-state index contributed by atoms with van der Waals surface area (Å²) in [6, 6.07) is 5.99. The smallest absolute Gasteiger partial charge is 0.319 e. The predicted molar refractivity (Wildman–Crippen MR) is 197 cm³/mol. The molecule has 0 bridgehead atoms. The van der Waals surface area contributed by atoms with E-state index in [4.69, 9.17) is 41.3 Å². The highest BCUT2D eigenvalue weighted by atomic mass is 19.3. The lowest BCUT2D eigenvalue weighted by atomic mass is 9.95.